The van der Waals surface area contributed by atoms with Crippen molar-refractivity contribution in [3.05, 3.63) is 28.3 Å². The smallest absolute Gasteiger partial charge is 0.311 e. The van der Waals surface area contributed by atoms with Gasteiger partial charge >= 0.3 is 5.69 Å². The van der Waals surface area contributed by atoms with Crippen molar-refractivity contribution in [2.24, 2.45) is 5.73 Å². The van der Waals surface area contributed by atoms with Crippen LogP contribution in [0.25, 0.3) is 0 Å². The summed E-state index contributed by atoms with van der Waals surface area (Å²) in [5.74, 6) is 0.351. The molecule has 1 aromatic carbocycles. The zero-order valence-corrected chi connectivity index (χ0v) is 11.7. The van der Waals surface area contributed by atoms with Crippen molar-refractivity contribution in [2.45, 2.75) is 32.2 Å². The molecule has 110 valence electrons. The highest BCUT2D eigenvalue weighted by molar-refractivity contribution is 5.59. The maximum atomic E-state index is 11.0. The molecule has 0 amide bonds. The predicted octanol–water partition coefficient (Wildman–Crippen LogP) is 2.31. The molecule has 2 rings (SSSR count). The van der Waals surface area contributed by atoms with Gasteiger partial charge < -0.3 is 15.4 Å². The van der Waals surface area contributed by atoms with Crippen molar-refractivity contribution in [2.75, 3.05) is 24.6 Å². The van der Waals surface area contributed by atoms with E-state index in [1.807, 2.05) is 6.92 Å². The summed E-state index contributed by atoms with van der Waals surface area (Å²) in [6, 6.07) is 5.34. The number of nitrogens with two attached hydrogens (primary N) is 1. The van der Waals surface area contributed by atoms with Crippen molar-refractivity contribution in [3.8, 4) is 5.75 Å². The van der Waals surface area contributed by atoms with Gasteiger partial charge in [0, 0.05) is 37.0 Å². The van der Waals surface area contributed by atoms with Crippen molar-refractivity contribution in [3.63, 3.8) is 0 Å². The minimum atomic E-state index is -0.402. The number of piperidine rings is 1. The van der Waals surface area contributed by atoms with E-state index in [1.54, 1.807) is 12.1 Å². The molecule has 0 unspecified atom stereocenters. The van der Waals surface area contributed by atoms with E-state index < -0.39 is 4.92 Å². The zero-order chi connectivity index (χ0) is 14.5. The van der Waals surface area contributed by atoms with E-state index in [2.05, 4.69) is 4.90 Å². The standard InChI is InChI=1S/C14H21N3O3/c1-2-9-20-14-10-12(3-4-13(14)17(18)19)16-7-5-11(15)6-8-16/h3-4,10-11H,2,5-9,15H2,1H3. The molecule has 2 N–H and O–H groups in total. The molecule has 0 aliphatic carbocycles. The molecule has 1 aliphatic rings. The number of benzene rings is 1. The largest absolute Gasteiger partial charge is 0.487 e. The first-order valence-corrected chi connectivity index (χ1v) is 7.03. The number of ether oxygens (including phenoxy) is 1. The second-order valence-electron chi connectivity index (χ2n) is 5.08. The molecule has 0 atom stereocenters. The summed E-state index contributed by atoms with van der Waals surface area (Å²) < 4.78 is 5.51. The maximum Gasteiger partial charge on any atom is 0.311 e. The molecule has 0 saturated carbocycles. The Hall–Kier alpha value is -1.82. The molecule has 0 aromatic heterocycles. The zero-order valence-electron chi connectivity index (χ0n) is 11.7. The molecular weight excluding hydrogens is 258 g/mol. The van der Waals surface area contributed by atoms with Crippen LogP contribution in [0.3, 0.4) is 0 Å². The average Bonchev–Trinajstić information content (AvgIpc) is 2.45. The second kappa shape index (κ2) is 6.56. The quantitative estimate of drug-likeness (QED) is 0.660. The van der Waals surface area contributed by atoms with Crippen LogP contribution in [0.5, 0.6) is 5.75 Å². The summed E-state index contributed by atoms with van der Waals surface area (Å²) in [4.78, 5) is 12.8. The summed E-state index contributed by atoms with van der Waals surface area (Å²) in [6.07, 6.45) is 2.71. The number of nitro groups is 1. The third-order valence-corrected chi connectivity index (χ3v) is 3.51. The maximum absolute atomic E-state index is 11.0. The lowest BCUT2D eigenvalue weighted by Crippen LogP contribution is -2.39. The number of hydrogen-bond acceptors (Lipinski definition) is 5. The first-order valence-electron chi connectivity index (χ1n) is 7.03. The van der Waals surface area contributed by atoms with Crippen molar-refractivity contribution >= 4 is 11.4 Å². The molecule has 1 heterocycles. The van der Waals surface area contributed by atoms with Crippen LogP contribution >= 0.6 is 0 Å². The van der Waals surface area contributed by atoms with E-state index >= 15 is 0 Å². The average molecular weight is 279 g/mol. The number of nitrogens with zero attached hydrogens (tertiary/aromatic N) is 2. The Labute approximate surface area is 118 Å². The monoisotopic (exact) mass is 279 g/mol. The summed E-state index contributed by atoms with van der Waals surface area (Å²) in [5.41, 5.74) is 6.88. The molecule has 0 radical (unpaired) electrons. The molecule has 1 aliphatic heterocycles. The molecule has 1 saturated heterocycles. The molecule has 20 heavy (non-hydrogen) atoms. The van der Waals surface area contributed by atoms with Crippen LogP contribution < -0.4 is 15.4 Å². The van der Waals surface area contributed by atoms with E-state index in [-0.39, 0.29) is 11.7 Å². The first-order chi connectivity index (χ1) is 9.61. The summed E-state index contributed by atoms with van der Waals surface area (Å²) in [6.45, 7) is 4.22. The van der Waals surface area contributed by atoms with E-state index in [9.17, 15) is 10.1 Å². The van der Waals surface area contributed by atoms with Crippen molar-refractivity contribution < 1.29 is 9.66 Å². The molecule has 1 fully saturated rings. The highest BCUT2D eigenvalue weighted by Gasteiger charge is 2.20. The lowest BCUT2D eigenvalue weighted by atomic mass is 10.1. The van der Waals surface area contributed by atoms with Gasteiger partial charge in [0.05, 0.1) is 11.5 Å². The molecule has 0 bridgehead atoms. The van der Waals surface area contributed by atoms with Crippen LogP contribution in [0.4, 0.5) is 11.4 Å². The summed E-state index contributed by atoms with van der Waals surface area (Å²) >= 11 is 0. The fraction of sp³-hybridized carbons (Fsp3) is 0.571. The Morgan fingerprint density at radius 1 is 1.45 bits per heavy atom. The van der Waals surface area contributed by atoms with Crippen LogP contribution in [0, 0.1) is 10.1 Å². The molecule has 0 spiro atoms. The van der Waals surface area contributed by atoms with Gasteiger partial charge in [-0.1, -0.05) is 6.92 Å². The van der Waals surface area contributed by atoms with Gasteiger partial charge in [0.2, 0.25) is 0 Å². The third-order valence-electron chi connectivity index (χ3n) is 3.51. The Bertz CT molecular complexity index is 471. The van der Waals surface area contributed by atoms with Crippen LogP contribution in [-0.4, -0.2) is 30.7 Å². The number of rotatable bonds is 5. The van der Waals surface area contributed by atoms with Crippen LogP contribution in [0.1, 0.15) is 26.2 Å². The summed E-state index contributed by atoms with van der Waals surface area (Å²) in [7, 11) is 0. The third kappa shape index (κ3) is 3.39. The molecule has 6 heteroatoms. The van der Waals surface area contributed by atoms with Gasteiger partial charge in [0.15, 0.2) is 5.75 Å². The predicted molar refractivity (Wildman–Crippen MR) is 78.3 cm³/mol. The fourth-order valence-electron chi connectivity index (χ4n) is 2.34. The van der Waals surface area contributed by atoms with Gasteiger partial charge in [-0.15, -0.1) is 0 Å². The summed E-state index contributed by atoms with van der Waals surface area (Å²) in [5, 5.41) is 11.0. The normalized spacial score (nSPS) is 16.2. The van der Waals surface area contributed by atoms with Gasteiger partial charge in [-0.25, -0.2) is 0 Å². The Morgan fingerprint density at radius 3 is 2.75 bits per heavy atom. The van der Waals surface area contributed by atoms with Crippen LogP contribution in [0.15, 0.2) is 18.2 Å². The first kappa shape index (κ1) is 14.6. The van der Waals surface area contributed by atoms with Crippen molar-refractivity contribution in [1.82, 2.24) is 0 Å². The molecule has 1 aromatic rings. The van der Waals surface area contributed by atoms with Gasteiger partial charge in [-0.05, 0) is 25.3 Å². The lowest BCUT2D eigenvalue weighted by Gasteiger charge is -2.32. The fourth-order valence-corrected chi connectivity index (χ4v) is 2.34. The molecular formula is C14H21N3O3. The minimum Gasteiger partial charge on any atom is -0.487 e. The Morgan fingerprint density at radius 2 is 2.15 bits per heavy atom. The van der Waals surface area contributed by atoms with E-state index in [1.165, 1.54) is 6.07 Å². The van der Waals surface area contributed by atoms with Gasteiger partial charge in [-0.3, -0.25) is 10.1 Å². The molecule has 6 nitrogen and oxygen atoms in total. The highest BCUT2D eigenvalue weighted by Crippen LogP contribution is 2.32. The Kier molecular flexibility index (Phi) is 4.79. The van der Waals surface area contributed by atoms with Crippen LogP contribution in [0.2, 0.25) is 0 Å². The minimum absolute atomic E-state index is 0.0240. The van der Waals surface area contributed by atoms with Gasteiger partial charge in [0.1, 0.15) is 0 Å². The van der Waals surface area contributed by atoms with Crippen LogP contribution in [-0.2, 0) is 0 Å². The topological polar surface area (TPSA) is 81.6 Å². The second-order valence-corrected chi connectivity index (χ2v) is 5.08. The van der Waals surface area contributed by atoms with E-state index in [0.717, 1.165) is 38.0 Å². The highest BCUT2D eigenvalue weighted by atomic mass is 16.6. The van der Waals surface area contributed by atoms with E-state index in [4.69, 9.17) is 10.5 Å². The number of hydrogen-bond donors (Lipinski definition) is 1. The number of anilines is 1. The van der Waals surface area contributed by atoms with Gasteiger partial charge in [-0.2, -0.15) is 0 Å². The van der Waals surface area contributed by atoms with Crippen molar-refractivity contribution in [1.29, 1.82) is 0 Å². The lowest BCUT2D eigenvalue weighted by molar-refractivity contribution is -0.385. The SMILES string of the molecule is CCCOc1cc(N2CCC(N)CC2)ccc1[N+](=O)[O-]. The Balaban J connectivity index is 2.20. The van der Waals surface area contributed by atoms with E-state index in [0.29, 0.717) is 12.4 Å². The van der Waals surface area contributed by atoms with Gasteiger partial charge in [0.25, 0.3) is 0 Å². The number of nitro benzene ring substituents is 1.